The number of hydrogen-bond acceptors (Lipinski definition) is 4. The van der Waals surface area contributed by atoms with Gasteiger partial charge in [0, 0.05) is 55.9 Å². The molecule has 1 aliphatic carbocycles. The minimum absolute atomic E-state index is 0.166. The van der Waals surface area contributed by atoms with Crippen LogP contribution in [0, 0.1) is 11.3 Å². The summed E-state index contributed by atoms with van der Waals surface area (Å²) in [7, 11) is 0. The zero-order valence-electron chi connectivity index (χ0n) is 16.8. The van der Waals surface area contributed by atoms with Gasteiger partial charge in [-0.25, -0.2) is 4.98 Å². The minimum Gasteiger partial charge on any atom is -0.377 e. The molecule has 3 unspecified atom stereocenters. The fraction of sp³-hybridized carbons (Fsp3) is 0.714. The predicted molar refractivity (Wildman–Crippen MR) is 109 cm³/mol. The fourth-order valence-corrected chi connectivity index (χ4v) is 5.04. The normalized spacial score (nSPS) is 30.6. The van der Waals surface area contributed by atoms with Crippen molar-refractivity contribution in [2.24, 2.45) is 16.3 Å². The molecule has 27 heavy (non-hydrogen) atoms. The van der Waals surface area contributed by atoms with Gasteiger partial charge in [0.1, 0.15) is 5.82 Å². The van der Waals surface area contributed by atoms with E-state index in [1.165, 1.54) is 0 Å². The van der Waals surface area contributed by atoms with Crippen LogP contribution in [0.5, 0.6) is 0 Å². The lowest BCUT2D eigenvalue weighted by atomic mass is 9.57. The summed E-state index contributed by atoms with van der Waals surface area (Å²) in [4.78, 5) is 11.6. The molecule has 1 aromatic rings. The summed E-state index contributed by atoms with van der Waals surface area (Å²) >= 11 is 0. The van der Waals surface area contributed by atoms with Gasteiger partial charge < -0.3 is 20.3 Å². The molecule has 3 fully saturated rings. The van der Waals surface area contributed by atoms with Gasteiger partial charge in [-0.1, -0.05) is 19.9 Å². The van der Waals surface area contributed by atoms with Crippen LogP contribution < -0.4 is 15.5 Å². The molecule has 6 nitrogen and oxygen atoms in total. The maximum absolute atomic E-state index is 5.93. The van der Waals surface area contributed by atoms with Gasteiger partial charge in [-0.05, 0) is 38.3 Å². The van der Waals surface area contributed by atoms with Crippen molar-refractivity contribution in [3.05, 3.63) is 24.4 Å². The van der Waals surface area contributed by atoms with Crippen LogP contribution in [0.25, 0.3) is 0 Å². The van der Waals surface area contributed by atoms with Crippen molar-refractivity contribution in [3.8, 4) is 0 Å². The first kappa shape index (κ1) is 18.5. The van der Waals surface area contributed by atoms with Crippen molar-refractivity contribution >= 4 is 11.8 Å². The number of rotatable bonds is 4. The molecule has 0 bridgehead atoms. The summed E-state index contributed by atoms with van der Waals surface area (Å²) in [6, 6.07) is 7.03. The van der Waals surface area contributed by atoms with E-state index in [1.54, 1.807) is 0 Å². The van der Waals surface area contributed by atoms with Gasteiger partial charge in [0.2, 0.25) is 0 Å². The van der Waals surface area contributed by atoms with Gasteiger partial charge in [0.05, 0.1) is 6.10 Å². The maximum Gasteiger partial charge on any atom is 0.191 e. The topological polar surface area (TPSA) is 61.8 Å². The Kier molecular flexibility index (Phi) is 5.26. The molecule has 1 aromatic heterocycles. The van der Waals surface area contributed by atoms with Crippen LogP contribution in [-0.4, -0.2) is 55.4 Å². The maximum atomic E-state index is 5.93. The third-order valence-electron chi connectivity index (χ3n) is 6.52. The third kappa shape index (κ3) is 3.64. The van der Waals surface area contributed by atoms with Crippen LogP contribution in [-0.2, 0) is 4.74 Å². The quantitative estimate of drug-likeness (QED) is 0.629. The molecular formula is C21H33N5O. The molecule has 3 aliphatic rings. The van der Waals surface area contributed by atoms with Gasteiger partial charge in [-0.15, -0.1) is 0 Å². The van der Waals surface area contributed by atoms with Gasteiger partial charge in [0.15, 0.2) is 5.96 Å². The molecule has 0 amide bonds. The molecule has 4 rings (SSSR count). The Bertz CT molecular complexity index is 654. The average molecular weight is 372 g/mol. The molecule has 3 atom stereocenters. The zero-order chi connectivity index (χ0) is 18.9. The van der Waals surface area contributed by atoms with Gasteiger partial charge in [0.25, 0.3) is 0 Å². The molecular weight excluding hydrogens is 338 g/mol. The molecule has 2 saturated heterocycles. The molecule has 3 heterocycles. The van der Waals surface area contributed by atoms with E-state index in [0.29, 0.717) is 24.1 Å². The molecule has 0 aromatic carbocycles. The van der Waals surface area contributed by atoms with E-state index in [4.69, 9.17) is 9.73 Å². The van der Waals surface area contributed by atoms with Crippen molar-refractivity contribution in [1.82, 2.24) is 15.6 Å². The Morgan fingerprint density at radius 3 is 2.78 bits per heavy atom. The molecule has 6 heteroatoms. The Balaban J connectivity index is 1.33. The number of piperidine rings is 1. The highest BCUT2D eigenvalue weighted by Gasteiger charge is 2.59. The summed E-state index contributed by atoms with van der Waals surface area (Å²) < 4.78 is 5.93. The number of hydrogen-bond donors (Lipinski definition) is 2. The van der Waals surface area contributed by atoms with Crippen LogP contribution >= 0.6 is 0 Å². The molecule has 2 aliphatic heterocycles. The second-order valence-corrected chi connectivity index (χ2v) is 8.60. The fourth-order valence-electron chi connectivity index (χ4n) is 5.04. The number of guanidine groups is 1. The van der Waals surface area contributed by atoms with E-state index in [1.807, 2.05) is 12.3 Å². The second-order valence-electron chi connectivity index (χ2n) is 8.60. The molecule has 0 radical (unpaired) electrons. The number of nitrogens with one attached hydrogen (secondary N) is 2. The zero-order valence-corrected chi connectivity index (χ0v) is 16.8. The van der Waals surface area contributed by atoms with E-state index in [0.717, 1.165) is 57.3 Å². The standard InChI is InChI=1S/C21H33N5O/c1-4-22-20(25-18-16-10-14-27-19(16)21(18,2)3)24-15-8-12-26(13-9-15)17-7-5-6-11-23-17/h5-7,11,15-16,18-19H,4,8-10,12-14H2,1-3H3,(H2,22,24,25). The summed E-state index contributed by atoms with van der Waals surface area (Å²) in [5.74, 6) is 2.67. The largest absolute Gasteiger partial charge is 0.377 e. The Morgan fingerprint density at radius 1 is 1.26 bits per heavy atom. The van der Waals surface area contributed by atoms with Crippen LogP contribution in [0.3, 0.4) is 0 Å². The van der Waals surface area contributed by atoms with Crippen molar-refractivity contribution in [2.45, 2.75) is 58.2 Å². The number of ether oxygens (including phenoxy) is 1. The number of aromatic nitrogens is 1. The van der Waals surface area contributed by atoms with E-state index in [-0.39, 0.29) is 5.41 Å². The summed E-state index contributed by atoms with van der Waals surface area (Å²) in [6.07, 6.45) is 5.64. The summed E-state index contributed by atoms with van der Waals surface area (Å²) in [6.45, 7) is 10.5. The summed E-state index contributed by atoms with van der Waals surface area (Å²) in [5.41, 5.74) is 0.166. The highest BCUT2D eigenvalue weighted by atomic mass is 16.5. The average Bonchev–Trinajstić information content (AvgIpc) is 3.15. The monoisotopic (exact) mass is 371 g/mol. The lowest BCUT2D eigenvalue weighted by molar-refractivity contribution is -0.106. The number of pyridine rings is 1. The highest BCUT2D eigenvalue weighted by molar-refractivity contribution is 5.80. The Hall–Kier alpha value is -1.82. The molecule has 1 saturated carbocycles. The van der Waals surface area contributed by atoms with Gasteiger partial charge >= 0.3 is 0 Å². The van der Waals surface area contributed by atoms with Crippen LogP contribution in [0.4, 0.5) is 5.82 Å². The number of aliphatic imine (C=N–C) groups is 1. The van der Waals surface area contributed by atoms with E-state index < -0.39 is 0 Å². The molecule has 2 N–H and O–H groups in total. The Morgan fingerprint density at radius 2 is 2.07 bits per heavy atom. The number of fused-ring (bicyclic) bond motifs is 1. The number of nitrogens with zero attached hydrogens (tertiary/aromatic N) is 3. The molecule has 148 valence electrons. The van der Waals surface area contributed by atoms with Crippen LogP contribution in [0.15, 0.2) is 29.4 Å². The predicted octanol–water partition coefficient (Wildman–Crippen LogP) is 2.42. The first-order valence-corrected chi connectivity index (χ1v) is 10.4. The second kappa shape index (κ2) is 7.66. The molecule has 0 spiro atoms. The first-order chi connectivity index (χ1) is 13.1. The van der Waals surface area contributed by atoms with Crippen molar-refractivity contribution in [1.29, 1.82) is 0 Å². The highest BCUT2D eigenvalue weighted by Crippen LogP contribution is 2.52. The van der Waals surface area contributed by atoms with Crippen LogP contribution in [0.1, 0.15) is 40.0 Å². The van der Waals surface area contributed by atoms with E-state index in [2.05, 4.69) is 53.4 Å². The van der Waals surface area contributed by atoms with Crippen LogP contribution in [0.2, 0.25) is 0 Å². The van der Waals surface area contributed by atoms with Gasteiger partial charge in [-0.3, -0.25) is 4.99 Å². The van der Waals surface area contributed by atoms with Crippen molar-refractivity contribution < 1.29 is 4.74 Å². The minimum atomic E-state index is 0.166. The lowest BCUT2D eigenvalue weighted by Crippen LogP contribution is -2.68. The lowest BCUT2D eigenvalue weighted by Gasteiger charge is -2.55. The summed E-state index contributed by atoms with van der Waals surface area (Å²) in [5, 5.41) is 7.44. The number of anilines is 1. The van der Waals surface area contributed by atoms with E-state index in [9.17, 15) is 0 Å². The Labute approximate surface area is 162 Å². The van der Waals surface area contributed by atoms with Crippen molar-refractivity contribution in [3.63, 3.8) is 0 Å². The van der Waals surface area contributed by atoms with E-state index >= 15 is 0 Å². The SMILES string of the molecule is CCN=C(NC1CCN(c2ccccn2)CC1)NC1C2CCOC2C1(C)C. The smallest absolute Gasteiger partial charge is 0.191 e. The van der Waals surface area contributed by atoms with Crippen molar-refractivity contribution in [2.75, 3.05) is 31.1 Å². The van der Waals surface area contributed by atoms with Gasteiger partial charge in [-0.2, -0.15) is 0 Å². The first-order valence-electron chi connectivity index (χ1n) is 10.4. The third-order valence-corrected chi connectivity index (χ3v) is 6.52.